The van der Waals surface area contributed by atoms with Crippen molar-refractivity contribution in [3.05, 3.63) is 36.4 Å². The standard InChI is InChI=1S/C31H44N7O20P3S/c1-31(2,26(44)29(45)34-7-6-20(40)33-8-9-62-21(41)5-4-16-10-17(39)23(42)18(11-16)53-3)13-55-61(51,52)58-60(49,50)54-12-19-25(57-59(46,47)48)24(43)30(56-19)38-15-37-22-27(32)35-14-36-28(22)38/h4-5,10-11,14-15,19,24-26,30,39,42-44H,6-9,12-13H2,1-3H3,(H,33,40)(H,34,45)(H,49,50)(H,51,52)(H2,32,35,36)(H2,46,47,48)/b5-4+/t19-,24-,25+,26?,30-/m1/s1. The van der Waals surface area contributed by atoms with Gasteiger partial charge < -0.3 is 65.8 Å². The molecule has 27 nitrogen and oxygen atoms in total. The normalized spacial score (nSPS) is 20.7. The average molecular weight is 960 g/mol. The molecule has 1 aliphatic heterocycles. The molecule has 4 rings (SSSR count). The number of nitrogens with one attached hydrogen (secondary N) is 2. The summed E-state index contributed by atoms with van der Waals surface area (Å²) in [4.78, 5) is 88.0. The van der Waals surface area contributed by atoms with Gasteiger partial charge in [-0.25, -0.2) is 28.6 Å². The number of methoxy groups -OCH3 is 1. The number of aliphatic hydroxyl groups excluding tert-OH is 2. The molecule has 0 bridgehead atoms. The van der Waals surface area contributed by atoms with Crippen molar-refractivity contribution < 1.29 is 95.4 Å². The first kappa shape index (κ1) is 50.6. The van der Waals surface area contributed by atoms with Crippen molar-refractivity contribution in [3.8, 4) is 17.2 Å². The molecule has 2 amide bonds. The highest BCUT2D eigenvalue weighted by Gasteiger charge is 2.50. The first-order chi connectivity index (χ1) is 28.8. The minimum atomic E-state index is -5.60. The molecule has 1 fully saturated rings. The van der Waals surface area contributed by atoms with E-state index in [0.29, 0.717) is 5.56 Å². The topological polar surface area (TPSA) is 413 Å². The van der Waals surface area contributed by atoms with E-state index in [-0.39, 0.29) is 53.1 Å². The minimum Gasteiger partial charge on any atom is -0.504 e. The molecule has 0 aliphatic carbocycles. The number of amides is 2. The van der Waals surface area contributed by atoms with Crippen molar-refractivity contribution in [3.63, 3.8) is 0 Å². The summed E-state index contributed by atoms with van der Waals surface area (Å²) < 4.78 is 67.1. The van der Waals surface area contributed by atoms with E-state index >= 15 is 0 Å². The average Bonchev–Trinajstić information content (AvgIpc) is 3.74. The summed E-state index contributed by atoms with van der Waals surface area (Å²) in [6.07, 6.45) is -4.51. The fourth-order valence-corrected chi connectivity index (χ4v) is 8.76. The van der Waals surface area contributed by atoms with E-state index in [1.807, 2.05) is 0 Å². The second-order valence-electron chi connectivity index (χ2n) is 13.7. The van der Waals surface area contributed by atoms with Gasteiger partial charge in [-0.15, -0.1) is 0 Å². The molecule has 2 aromatic heterocycles. The van der Waals surface area contributed by atoms with Crippen LogP contribution in [0, 0.1) is 5.41 Å². The Morgan fingerprint density at radius 2 is 1.74 bits per heavy atom. The van der Waals surface area contributed by atoms with Crippen LogP contribution in [0.3, 0.4) is 0 Å². The van der Waals surface area contributed by atoms with Gasteiger partial charge in [-0.2, -0.15) is 4.31 Å². The number of rotatable bonds is 22. The van der Waals surface area contributed by atoms with Gasteiger partial charge in [-0.1, -0.05) is 31.7 Å². The lowest BCUT2D eigenvalue weighted by atomic mass is 9.87. The van der Waals surface area contributed by atoms with Gasteiger partial charge >= 0.3 is 23.5 Å². The van der Waals surface area contributed by atoms with Crippen LogP contribution in [-0.2, 0) is 50.7 Å². The van der Waals surface area contributed by atoms with E-state index in [2.05, 4.69) is 34.4 Å². The molecule has 0 radical (unpaired) electrons. The van der Waals surface area contributed by atoms with Crippen LogP contribution in [0.15, 0.2) is 30.9 Å². The number of nitrogens with two attached hydrogens (primary N) is 1. The lowest BCUT2D eigenvalue weighted by molar-refractivity contribution is -0.137. The van der Waals surface area contributed by atoms with E-state index in [1.54, 1.807) is 0 Å². The van der Waals surface area contributed by atoms with Crippen LogP contribution in [-0.4, -0.2) is 140 Å². The van der Waals surface area contributed by atoms with Gasteiger partial charge in [0.05, 0.1) is 26.7 Å². The number of nitrogens with zero attached hydrogens (tertiary/aromatic N) is 4. The summed E-state index contributed by atoms with van der Waals surface area (Å²) in [6, 6.07) is 2.63. The summed E-state index contributed by atoms with van der Waals surface area (Å²) >= 11 is 0.877. The number of aliphatic hydroxyl groups is 2. The maximum absolute atomic E-state index is 12.7. The van der Waals surface area contributed by atoms with Crippen LogP contribution in [0.5, 0.6) is 17.2 Å². The highest BCUT2D eigenvalue weighted by molar-refractivity contribution is 8.14. The van der Waals surface area contributed by atoms with Gasteiger partial charge in [0, 0.05) is 30.7 Å². The highest BCUT2D eigenvalue weighted by atomic mass is 32.2. The van der Waals surface area contributed by atoms with Gasteiger partial charge in [0.15, 0.2) is 29.2 Å². The number of phosphoric ester groups is 3. The van der Waals surface area contributed by atoms with Crippen molar-refractivity contribution in [1.29, 1.82) is 0 Å². The third-order valence-electron chi connectivity index (χ3n) is 8.46. The second kappa shape index (κ2) is 21.1. The molecule has 0 spiro atoms. The Balaban J connectivity index is 1.20. The van der Waals surface area contributed by atoms with E-state index in [4.69, 9.17) is 24.3 Å². The van der Waals surface area contributed by atoms with E-state index < -0.39 is 96.1 Å². The molecule has 12 N–H and O–H groups in total. The Morgan fingerprint density at radius 1 is 1.05 bits per heavy atom. The van der Waals surface area contributed by atoms with Gasteiger partial charge in [0.1, 0.15) is 36.3 Å². The Labute approximate surface area is 355 Å². The number of phosphoric acid groups is 3. The lowest BCUT2D eigenvalue weighted by Gasteiger charge is -2.30. The number of benzene rings is 1. The molecule has 344 valence electrons. The zero-order valence-electron chi connectivity index (χ0n) is 32.7. The van der Waals surface area contributed by atoms with E-state index in [1.165, 1.54) is 45.2 Å². The van der Waals surface area contributed by atoms with Crippen molar-refractivity contribution in [1.82, 2.24) is 30.2 Å². The summed E-state index contributed by atoms with van der Waals surface area (Å²) in [7, 11) is -15.2. The van der Waals surface area contributed by atoms with Crippen LogP contribution < -0.4 is 21.1 Å². The molecular weight excluding hydrogens is 915 g/mol. The Hall–Kier alpha value is -4.08. The number of fused-ring (bicyclic) bond motifs is 1. The zero-order chi connectivity index (χ0) is 46.2. The van der Waals surface area contributed by atoms with Crippen molar-refractivity contribution >= 4 is 75.2 Å². The molecule has 1 aliphatic rings. The minimum absolute atomic E-state index is 0.0102. The predicted molar refractivity (Wildman–Crippen MR) is 212 cm³/mol. The van der Waals surface area contributed by atoms with Crippen molar-refractivity contribution in [2.75, 3.05) is 44.9 Å². The number of aromatic nitrogens is 4. The Bertz CT molecular complexity index is 2280. The number of carbonyl (C=O) groups excluding carboxylic acids is 3. The van der Waals surface area contributed by atoms with Crippen molar-refractivity contribution in [2.45, 2.75) is 50.9 Å². The fourth-order valence-electron chi connectivity index (χ4n) is 5.36. The maximum atomic E-state index is 12.7. The first-order valence-electron chi connectivity index (χ1n) is 17.7. The van der Waals surface area contributed by atoms with Crippen LogP contribution in [0.4, 0.5) is 5.82 Å². The van der Waals surface area contributed by atoms with Crippen LogP contribution in [0.1, 0.15) is 32.1 Å². The predicted octanol–water partition coefficient (Wildman–Crippen LogP) is -0.202. The fraction of sp³-hybridized carbons (Fsp3) is 0.484. The molecule has 0 saturated carbocycles. The highest BCUT2D eigenvalue weighted by Crippen LogP contribution is 2.61. The molecule has 31 heteroatoms. The molecular formula is C31H44N7O20P3S. The Morgan fingerprint density at radius 3 is 2.42 bits per heavy atom. The third kappa shape index (κ3) is 14.2. The second-order valence-corrected chi connectivity index (χ2v) is 19.0. The van der Waals surface area contributed by atoms with Crippen LogP contribution >= 0.6 is 35.2 Å². The molecule has 1 saturated heterocycles. The largest absolute Gasteiger partial charge is 0.504 e. The molecule has 1 aromatic carbocycles. The number of hydrogen-bond donors (Lipinski definition) is 11. The van der Waals surface area contributed by atoms with E-state index in [9.17, 15) is 68.1 Å². The summed E-state index contributed by atoms with van der Waals surface area (Å²) in [6.45, 7) is 0.199. The molecule has 7 atom stereocenters. The summed E-state index contributed by atoms with van der Waals surface area (Å²) in [5.74, 6) is -2.28. The number of aromatic hydroxyl groups is 2. The third-order valence-corrected chi connectivity index (χ3v) is 12.4. The number of phenolic OH excluding ortho intramolecular Hbond substituents is 2. The van der Waals surface area contributed by atoms with Crippen LogP contribution in [0.2, 0.25) is 0 Å². The van der Waals surface area contributed by atoms with E-state index in [0.717, 1.165) is 29.0 Å². The number of phenols is 2. The monoisotopic (exact) mass is 959 g/mol. The molecule has 62 heavy (non-hydrogen) atoms. The zero-order valence-corrected chi connectivity index (χ0v) is 36.2. The number of anilines is 1. The summed E-state index contributed by atoms with van der Waals surface area (Å²) in [5.41, 5.74) is 4.58. The van der Waals surface area contributed by atoms with Gasteiger partial charge in [-0.05, 0) is 23.8 Å². The Kier molecular flexibility index (Phi) is 17.2. The van der Waals surface area contributed by atoms with Gasteiger partial charge in [0.2, 0.25) is 22.7 Å². The number of nitrogen functional groups attached to an aromatic ring is 1. The maximum Gasteiger partial charge on any atom is 0.481 e. The van der Waals surface area contributed by atoms with Crippen molar-refractivity contribution in [2.24, 2.45) is 5.41 Å². The number of carbonyl (C=O) groups is 3. The lowest BCUT2D eigenvalue weighted by Crippen LogP contribution is -2.46. The number of thioether (sulfide) groups is 1. The molecule has 3 aromatic rings. The SMILES string of the molecule is COc1cc(/C=C/C(=O)SCCNC(=O)CCNC(=O)C(O)C(C)(C)COP(=O)(O)OP(=O)(O)OC[C@H]2O[C@@H](n3cnc4c(N)ncnc43)[C@H](O)[C@H]2OP(=O)(O)O)cc(O)c1O. The molecule has 3 heterocycles. The van der Waals surface area contributed by atoms with Crippen LogP contribution in [0.25, 0.3) is 17.2 Å². The quantitative estimate of drug-likeness (QED) is 0.0269. The number of hydrogen-bond acceptors (Lipinski definition) is 21. The molecule has 3 unspecified atom stereocenters. The number of imidazole rings is 1. The number of ether oxygens (including phenoxy) is 2. The summed E-state index contributed by atoms with van der Waals surface area (Å²) in [5, 5.41) is 45.4. The first-order valence-corrected chi connectivity index (χ1v) is 23.2. The van der Waals surface area contributed by atoms with Gasteiger partial charge in [0.25, 0.3) is 0 Å². The van der Waals surface area contributed by atoms with Gasteiger partial charge in [-0.3, -0.25) is 32.5 Å². The smallest absolute Gasteiger partial charge is 0.481 e.